The molecular weight excluding hydrogens is 661 g/mol. The Morgan fingerprint density at radius 1 is 0.396 bits per heavy atom. The highest BCUT2D eigenvalue weighted by Crippen LogP contribution is 2.17. The van der Waals surface area contributed by atoms with Crippen LogP contribution in [-0.2, 0) is 28.6 Å². The Hall–Kier alpha value is -1.59. The van der Waals surface area contributed by atoms with Gasteiger partial charge in [-0.3, -0.25) is 14.4 Å². The number of esters is 3. The molecule has 0 N–H and O–H groups in total. The predicted molar refractivity (Wildman–Crippen MR) is 224 cm³/mol. The number of ether oxygens (including phenoxy) is 3. The number of rotatable bonds is 41. The zero-order valence-corrected chi connectivity index (χ0v) is 36.1. The molecule has 0 saturated heterocycles. The SMILES string of the molecule is CCCCCCCCCC(=O)OC[C@H](COC(=O)CCCCCCCCCC(C)C)OC(=O)CCCCCCCCCCCCCCCCC(C)CC. The molecular formula is C47H90O6. The van der Waals surface area contributed by atoms with E-state index in [1.165, 1.54) is 141 Å². The highest BCUT2D eigenvalue weighted by Gasteiger charge is 2.19. The van der Waals surface area contributed by atoms with Gasteiger partial charge in [0.05, 0.1) is 0 Å². The molecule has 1 unspecified atom stereocenters. The lowest BCUT2D eigenvalue weighted by atomic mass is 9.99. The fourth-order valence-corrected chi connectivity index (χ4v) is 6.90. The quantitative estimate of drug-likeness (QED) is 0.0352. The Bertz CT molecular complexity index is 811. The Morgan fingerprint density at radius 2 is 0.717 bits per heavy atom. The average molecular weight is 751 g/mol. The molecule has 0 aliphatic carbocycles. The molecule has 0 aliphatic heterocycles. The minimum absolute atomic E-state index is 0.0659. The topological polar surface area (TPSA) is 78.9 Å². The first-order valence-electron chi connectivity index (χ1n) is 23.3. The lowest BCUT2D eigenvalue weighted by molar-refractivity contribution is -0.167. The molecule has 0 saturated carbocycles. The van der Waals surface area contributed by atoms with Gasteiger partial charge in [-0.2, -0.15) is 0 Å². The van der Waals surface area contributed by atoms with Crippen LogP contribution in [0, 0.1) is 11.8 Å². The van der Waals surface area contributed by atoms with Gasteiger partial charge < -0.3 is 14.2 Å². The van der Waals surface area contributed by atoms with Crippen LogP contribution in [0.4, 0.5) is 0 Å². The summed E-state index contributed by atoms with van der Waals surface area (Å²) in [6.07, 6.45) is 38.2. The summed E-state index contributed by atoms with van der Waals surface area (Å²) in [5.41, 5.74) is 0. The van der Waals surface area contributed by atoms with Gasteiger partial charge in [0.1, 0.15) is 13.2 Å². The molecule has 6 nitrogen and oxygen atoms in total. The summed E-state index contributed by atoms with van der Waals surface area (Å²) in [6, 6.07) is 0. The molecule has 0 heterocycles. The molecule has 0 rings (SSSR count). The molecule has 0 aromatic heterocycles. The standard InChI is InChI=1S/C47H90O6/c1-6-8-9-10-20-27-32-37-45(48)51-40-44(41-52-46(49)38-33-28-24-19-21-25-30-35-42(3)4)53-47(50)39-34-29-23-18-16-14-12-11-13-15-17-22-26-31-36-43(5)7-2/h42-44H,6-41H2,1-5H3/t43?,44-/m1/s1. The normalized spacial score (nSPS) is 12.6. The summed E-state index contributed by atoms with van der Waals surface area (Å²) < 4.78 is 16.7. The maximum absolute atomic E-state index is 12.7. The van der Waals surface area contributed by atoms with Crippen LogP contribution >= 0.6 is 0 Å². The molecule has 0 amide bonds. The first-order chi connectivity index (χ1) is 25.8. The van der Waals surface area contributed by atoms with E-state index in [0.29, 0.717) is 19.3 Å². The maximum atomic E-state index is 12.7. The molecule has 0 radical (unpaired) electrons. The van der Waals surface area contributed by atoms with Gasteiger partial charge in [-0.15, -0.1) is 0 Å². The first kappa shape index (κ1) is 51.4. The number of hydrogen-bond donors (Lipinski definition) is 0. The summed E-state index contributed by atoms with van der Waals surface area (Å²) in [6.45, 7) is 11.3. The number of carbonyl (C=O) groups is 3. The van der Waals surface area contributed by atoms with Gasteiger partial charge in [0.2, 0.25) is 0 Å². The highest BCUT2D eigenvalue weighted by atomic mass is 16.6. The van der Waals surface area contributed by atoms with Gasteiger partial charge in [0, 0.05) is 19.3 Å². The van der Waals surface area contributed by atoms with Crippen LogP contribution in [0.3, 0.4) is 0 Å². The van der Waals surface area contributed by atoms with Gasteiger partial charge in [-0.05, 0) is 31.1 Å². The lowest BCUT2D eigenvalue weighted by Gasteiger charge is -2.18. The van der Waals surface area contributed by atoms with Gasteiger partial charge in [-0.1, -0.05) is 214 Å². The molecule has 0 aliphatic rings. The van der Waals surface area contributed by atoms with E-state index < -0.39 is 6.10 Å². The predicted octanol–water partition coefficient (Wildman–Crippen LogP) is 14.6. The molecule has 6 heteroatoms. The van der Waals surface area contributed by atoms with Crippen molar-refractivity contribution < 1.29 is 28.6 Å². The number of hydrogen-bond acceptors (Lipinski definition) is 6. The molecule has 0 bridgehead atoms. The Labute approximate surface area is 329 Å². The lowest BCUT2D eigenvalue weighted by Crippen LogP contribution is -2.30. The van der Waals surface area contributed by atoms with Crippen molar-refractivity contribution in [1.29, 1.82) is 0 Å². The third-order valence-electron chi connectivity index (χ3n) is 10.8. The zero-order chi connectivity index (χ0) is 39.0. The summed E-state index contributed by atoms with van der Waals surface area (Å²) in [5.74, 6) is 0.811. The van der Waals surface area contributed by atoms with Gasteiger partial charge in [0.15, 0.2) is 6.10 Å². The monoisotopic (exact) mass is 751 g/mol. The maximum Gasteiger partial charge on any atom is 0.306 e. The molecule has 2 atom stereocenters. The third-order valence-corrected chi connectivity index (χ3v) is 10.8. The van der Waals surface area contributed by atoms with Gasteiger partial charge in [0.25, 0.3) is 0 Å². The van der Waals surface area contributed by atoms with Gasteiger partial charge >= 0.3 is 17.9 Å². The smallest absolute Gasteiger partial charge is 0.306 e. The van der Waals surface area contributed by atoms with Crippen LogP contribution in [0.15, 0.2) is 0 Å². The molecule has 0 spiro atoms. The van der Waals surface area contributed by atoms with E-state index in [1.807, 2.05) is 0 Å². The van der Waals surface area contributed by atoms with Crippen molar-refractivity contribution in [2.24, 2.45) is 11.8 Å². The molecule has 0 fully saturated rings. The van der Waals surface area contributed by atoms with Crippen LogP contribution < -0.4 is 0 Å². The molecule has 0 aromatic carbocycles. The zero-order valence-electron chi connectivity index (χ0n) is 36.1. The van der Waals surface area contributed by atoms with Crippen LogP contribution in [0.5, 0.6) is 0 Å². The average Bonchev–Trinajstić information content (AvgIpc) is 3.14. The summed E-state index contributed by atoms with van der Waals surface area (Å²) >= 11 is 0. The van der Waals surface area contributed by atoms with E-state index in [1.54, 1.807) is 0 Å². The van der Waals surface area contributed by atoms with E-state index in [-0.39, 0.29) is 31.1 Å². The second-order valence-corrected chi connectivity index (χ2v) is 16.8. The fraction of sp³-hybridized carbons (Fsp3) is 0.936. The summed E-state index contributed by atoms with van der Waals surface area (Å²) in [4.78, 5) is 37.6. The van der Waals surface area contributed by atoms with Crippen LogP contribution in [0.2, 0.25) is 0 Å². The van der Waals surface area contributed by atoms with E-state index in [2.05, 4.69) is 34.6 Å². The van der Waals surface area contributed by atoms with Crippen molar-refractivity contribution in [2.75, 3.05) is 13.2 Å². The molecule has 0 aromatic rings. The van der Waals surface area contributed by atoms with Crippen molar-refractivity contribution in [3.63, 3.8) is 0 Å². The van der Waals surface area contributed by atoms with Crippen molar-refractivity contribution in [2.45, 2.75) is 259 Å². The van der Waals surface area contributed by atoms with Crippen LogP contribution in [0.1, 0.15) is 253 Å². The van der Waals surface area contributed by atoms with Crippen LogP contribution in [0.25, 0.3) is 0 Å². The number of carbonyl (C=O) groups excluding carboxylic acids is 3. The van der Waals surface area contributed by atoms with E-state index >= 15 is 0 Å². The third kappa shape index (κ3) is 39.9. The van der Waals surface area contributed by atoms with E-state index in [4.69, 9.17) is 14.2 Å². The largest absolute Gasteiger partial charge is 0.462 e. The second-order valence-electron chi connectivity index (χ2n) is 16.8. The molecule has 53 heavy (non-hydrogen) atoms. The van der Waals surface area contributed by atoms with Crippen molar-refractivity contribution in [3.05, 3.63) is 0 Å². The van der Waals surface area contributed by atoms with Crippen LogP contribution in [-0.4, -0.2) is 37.2 Å². The fourth-order valence-electron chi connectivity index (χ4n) is 6.90. The number of unbranched alkanes of at least 4 members (excludes halogenated alkanes) is 25. The Kier molecular flexibility index (Phi) is 38.9. The van der Waals surface area contributed by atoms with Gasteiger partial charge in [-0.25, -0.2) is 0 Å². The Morgan fingerprint density at radius 3 is 1.08 bits per heavy atom. The van der Waals surface area contributed by atoms with Crippen molar-refractivity contribution >= 4 is 17.9 Å². The second kappa shape index (κ2) is 40.1. The summed E-state index contributed by atoms with van der Waals surface area (Å²) in [7, 11) is 0. The highest BCUT2D eigenvalue weighted by molar-refractivity contribution is 5.71. The minimum atomic E-state index is -0.759. The summed E-state index contributed by atoms with van der Waals surface area (Å²) in [5, 5.41) is 0. The Balaban J connectivity index is 4.22. The van der Waals surface area contributed by atoms with Crippen molar-refractivity contribution in [3.8, 4) is 0 Å². The first-order valence-corrected chi connectivity index (χ1v) is 23.3. The minimum Gasteiger partial charge on any atom is -0.462 e. The van der Waals surface area contributed by atoms with Crippen molar-refractivity contribution in [1.82, 2.24) is 0 Å². The molecule has 314 valence electrons. The van der Waals surface area contributed by atoms with E-state index in [0.717, 1.165) is 69.6 Å². The van der Waals surface area contributed by atoms with E-state index in [9.17, 15) is 14.4 Å².